The lowest BCUT2D eigenvalue weighted by Gasteiger charge is -2.09. The van der Waals surface area contributed by atoms with E-state index in [1.807, 2.05) is 12.1 Å². The zero-order valence-corrected chi connectivity index (χ0v) is 10.2. The topological polar surface area (TPSA) is 30.7 Å². The Balaban J connectivity index is 2.42. The molecule has 0 aromatic heterocycles. The van der Waals surface area contributed by atoms with Crippen molar-refractivity contribution in [2.75, 3.05) is 27.2 Å². The SMILES string of the molecule is CC(=O)c1cccc(OCCC[NH+](C)C)c1. The van der Waals surface area contributed by atoms with Crippen molar-refractivity contribution in [1.82, 2.24) is 0 Å². The van der Waals surface area contributed by atoms with Crippen molar-refractivity contribution in [2.24, 2.45) is 0 Å². The molecule has 0 radical (unpaired) electrons. The van der Waals surface area contributed by atoms with Gasteiger partial charge < -0.3 is 9.64 Å². The molecule has 0 heterocycles. The Kier molecular flexibility index (Phi) is 4.99. The Morgan fingerprint density at radius 2 is 2.12 bits per heavy atom. The van der Waals surface area contributed by atoms with Gasteiger partial charge >= 0.3 is 0 Å². The van der Waals surface area contributed by atoms with E-state index >= 15 is 0 Å². The van der Waals surface area contributed by atoms with Crippen LogP contribution in [0, 0.1) is 0 Å². The second-order valence-corrected chi connectivity index (χ2v) is 4.24. The highest BCUT2D eigenvalue weighted by atomic mass is 16.5. The number of ether oxygens (including phenoxy) is 1. The summed E-state index contributed by atoms with van der Waals surface area (Å²) < 4.78 is 5.58. The van der Waals surface area contributed by atoms with Gasteiger partial charge in [0, 0.05) is 12.0 Å². The van der Waals surface area contributed by atoms with Gasteiger partial charge in [-0.1, -0.05) is 12.1 Å². The van der Waals surface area contributed by atoms with E-state index in [-0.39, 0.29) is 5.78 Å². The second kappa shape index (κ2) is 6.28. The van der Waals surface area contributed by atoms with E-state index in [1.165, 1.54) is 4.90 Å². The van der Waals surface area contributed by atoms with Crippen LogP contribution in [-0.2, 0) is 0 Å². The van der Waals surface area contributed by atoms with Crippen molar-refractivity contribution in [1.29, 1.82) is 0 Å². The van der Waals surface area contributed by atoms with Gasteiger partial charge in [0.2, 0.25) is 0 Å². The number of Topliss-reactive ketones (excluding diaryl/α,β-unsaturated/α-hetero) is 1. The van der Waals surface area contributed by atoms with Crippen LogP contribution in [0.5, 0.6) is 5.75 Å². The maximum Gasteiger partial charge on any atom is 0.159 e. The van der Waals surface area contributed by atoms with Crippen LogP contribution >= 0.6 is 0 Å². The van der Waals surface area contributed by atoms with Crippen molar-refractivity contribution in [2.45, 2.75) is 13.3 Å². The summed E-state index contributed by atoms with van der Waals surface area (Å²) in [5.41, 5.74) is 0.704. The van der Waals surface area contributed by atoms with Gasteiger partial charge in [0.1, 0.15) is 5.75 Å². The first kappa shape index (κ1) is 12.7. The first-order valence-electron chi connectivity index (χ1n) is 5.62. The molecule has 0 unspecified atom stereocenters. The minimum Gasteiger partial charge on any atom is -0.493 e. The lowest BCUT2D eigenvalue weighted by Crippen LogP contribution is -3.05. The van der Waals surface area contributed by atoms with Crippen molar-refractivity contribution in [3.63, 3.8) is 0 Å². The number of nitrogens with one attached hydrogen (secondary N) is 1. The van der Waals surface area contributed by atoms with Crippen LogP contribution < -0.4 is 9.64 Å². The molecular weight excluding hydrogens is 202 g/mol. The third kappa shape index (κ3) is 4.45. The summed E-state index contributed by atoms with van der Waals surface area (Å²) in [6, 6.07) is 7.34. The van der Waals surface area contributed by atoms with Crippen LogP contribution in [0.25, 0.3) is 0 Å². The molecule has 0 saturated heterocycles. The molecule has 0 spiro atoms. The number of hydrogen-bond donors (Lipinski definition) is 1. The molecule has 0 atom stereocenters. The van der Waals surface area contributed by atoms with Gasteiger partial charge in [-0.25, -0.2) is 0 Å². The molecule has 1 aromatic rings. The number of benzene rings is 1. The third-order valence-corrected chi connectivity index (χ3v) is 2.33. The van der Waals surface area contributed by atoms with Crippen LogP contribution in [-0.4, -0.2) is 33.0 Å². The molecule has 0 saturated carbocycles. The lowest BCUT2D eigenvalue weighted by atomic mass is 10.1. The first-order valence-corrected chi connectivity index (χ1v) is 5.62. The summed E-state index contributed by atoms with van der Waals surface area (Å²) >= 11 is 0. The average molecular weight is 222 g/mol. The molecule has 16 heavy (non-hydrogen) atoms. The minimum atomic E-state index is 0.0724. The first-order chi connectivity index (χ1) is 7.59. The molecule has 3 heteroatoms. The number of rotatable bonds is 6. The molecule has 0 amide bonds. The number of carbonyl (C=O) groups is 1. The van der Waals surface area contributed by atoms with E-state index < -0.39 is 0 Å². The molecule has 88 valence electrons. The summed E-state index contributed by atoms with van der Waals surface area (Å²) in [4.78, 5) is 12.6. The highest BCUT2D eigenvalue weighted by molar-refractivity contribution is 5.94. The van der Waals surface area contributed by atoms with Gasteiger partial charge in [0.15, 0.2) is 5.78 Å². The molecule has 0 bridgehead atoms. The fourth-order valence-corrected chi connectivity index (χ4v) is 1.42. The maximum atomic E-state index is 11.2. The average Bonchev–Trinajstić information content (AvgIpc) is 2.24. The number of carbonyl (C=O) groups excluding carboxylic acids is 1. The Bertz CT molecular complexity index is 348. The number of hydrogen-bond acceptors (Lipinski definition) is 2. The smallest absolute Gasteiger partial charge is 0.159 e. The summed E-state index contributed by atoms with van der Waals surface area (Å²) in [5, 5.41) is 0. The molecule has 0 aliphatic carbocycles. The zero-order chi connectivity index (χ0) is 12.0. The van der Waals surface area contributed by atoms with E-state index in [2.05, 4.69) is 14.1 Å². The van der Waals surface area contributed by atoms with E-state index in [1.54, 1.807) is 19.1 Å². The fourth-order valence-electron chi connectivity index (χ4n) is 1.42. The third-order valence-electron chi connectivity index (χ3n) is 2.33. The summed E-state index contributed by atoms with van der Waals surface area (Å²) in [6.45, 7) is 3.35. The van der Waals surface area contributed by atoms with E-state index in [4.69, 9.17) is 4.74 Å². The molecule has 3 nitrogen and oxygen atoms in total. The minimum absolute atomic E-state index is 0.0724. The maximum absolute atomic E-state index is 11.2. The molecular formula is C13H20NO2+. The molecule has 0 fully saturated rings. The molecule has 1 N–H and O–H groups in total. The van der Waals surface area contributed by atoms with Gasteiger partial charge in [0.05, 0.1) is 27.2 Å². The Labute approximate surface area is 97.0 Å². The predicted octanol–water partition coefficient (Wildman–Crippen LogP) is 0.803. The summed E-state index contributed by atoms with van der Waals surface area (Å²) in [7, 11) is 4.24. The van der Waals surface area contributed by atoms with Crippen molar-refractivity contribution in [3.05, 3.63) is 29.8 Å². The standard InChI is InChI=1S/C13H19NO2/c1-11(15)12-6-4-7-13(10-12)16-9-5-8-14(2)3/h4,6-7,10H,5,8-9H2,1-3H3/p+1. The van der Waals surface area contributed by atoms with E-state index in [0.717, 1.165) is 18.7 Å². The number of quaternary nitrogens is 1. The normalized spacial score (nSPS) is 10.5. The predicted molar refractivity (Wildman–Crippen MR) is 64.2 cm³/mol. The largest absolute Gasteiger partial charge is 0.493 e. The van der Waals surface area contributed by atoms with Gasteiger partial charge in [-0.2, -0.15) is 0 Å². The quantitative estimate of drug-likeness (QED) is 0.570. The molecule has 0 aliphatic heterocycles. The van der Waals surface area contributed by atoms with Gasteiger partial charge in [0.25, 0.3) is 0 Å². The van der Waals surface area contributed by atoms with Crippen LogP contribution in [0.1, 0.15) is 23.7 Å². The molecule has 1 rings (SSSR count). The second-order valence-electron chi connectivity index (χ2n) is 4.24. The number of ketones is 1. The fraction of sp³-hybridized carbons (Fsp3) is 0.462. The van der Waals surface area contributed by atoms with Crippen LogP contribution in [0.3, 0.4) is 0 Å². The Hall–Kier alpha value is -1.35. The Morgan fingerprint density at radius 1 is 1.38 bits per heavy atom. The van der Waals surface area contributed by atoms with Crippen LogP contribution in [0.2, 0.25) is 0 Å². The molecule has 0 aliphatic rings. The summed E-state index contributed by atoms with van der Waals surface area (Å²) in [5.74, 6) is 0.852. The van der Waals surface area contributed by atoms with Crippen molar-refractivity contribution in [3.8, 4) is 5.75 Å². The van der Waals surface area contributed by atoms with Crippen LogP contribution in [0.4, 0.5) is 0 Å². The Morgan fingerprint density at radius 3 is 2.75 bits per heavy atom. The molecule has 1 aromatic carbocycles. The monoisotopic (exact) mass is 222 g/mol. The zero-order valence-electron chi connectivity index (χ0n) is 10.2. The van der Waals surface area contributed by atoms with Gasteiger partial charge in [-0.05, 0) is 19.1 Å². The van der Waals surface area contributed by atoms with E-state index in [9.17, 15) is 4.79 Å². The lowest BCUT2D eigenvalue weighted by molar-refractivity contribution is -0.858. The van der Waals surface area contributed by atoms with Crippen molar-refractivity contribution >= 4 is 5.78 Å². The van der Waals surface area contributed by atoms with Crippen LogP contribution in [0.15, 0.2) is 24.3 Å². The van der Waals surface area contributed by atoms with Crippen molar-refractivity contribution < 1.29 is 14.4 Å². The van der Waals surface area contributed by atoms with Gasteiger partial charge in [-0.15, -0.1) is 0 Å². The van der Waals surface area contributed by atoms with E-state index in [0.29, 0.717) is 12.2 Å². The highest BCUT2D eigenvalue weighted by Crippen LogP contribution is 2.13. The summed E-state index contributed by atoms with van der Waals surface area (Å²) in [6.07, 6.45) is 1.02. The highest BCUT2D eigenvalue weighted by Gasteiger charge is 2.01. The van der Waals surface area contributed by atoms with Gasteiger partial charge in [-0.3, -0.25) is 4.79 Å².